The number of aromatic hydroxyl groups is 1. The number of ketones is 2. The van der Waals surface area contributed by atoms with E-state index in [-0.39, 0.29) is 23.7 Å². The fourth-order valence-electron chi connectivity index (χ4n) is 4.39. The van der Waals surface area contributed by atoms with Crippen molar-refractivity contribution in [1.82, 2.24) is 4.98 Å². The average Bonchev–Trinajstić information content (AvgIpc) is 2.90. The summed E-state index contributed by atoms with van der Waals surface area (Å²) in [6, 6.07) is 15.4. The van der Waals surface area contributed by atoms with Gasteiger partial charge >= 0.3 is 0 Å². The number of hydrogen-bond acceptors (Lipinski definition) is 6. The van der Waals surface area contributed by atoms with Crippen molar-refractivity contribution >= 4 is 23.5 Å². The number of anilines is 1. The van der Waals surface area contributed by atoms with Crippen molar-refractivity contribution in [2.45, 2.75) is 64.7 Å². The Balaban J connectivity index is 1.73. The third-order valence-corrected chi connectivity index (χ3v) is 6.51. The number of methoxy groups -OCH3 is 1. The number of allylic oxidation sites excluding steroid dienone is 1. The van der Waals surface area contributed by atoms with E-state index in [2.05, 4.69) is 11.9 Å². The van der Waals surface area contributed by atoms with Crippen molar-refractivity contribution in [3.63, 3.8) is 0 Å². The van der Waals surface area contributed by atoms with Gasteiger partial charge in [-0.1, -0.05) is 69.0 Å². The molecule has 6 heteroatoms. The summed E-state index contributed by atoms with van der Waals surface area (Å²) in [5, 5.41) is 10.4. The summed E-state index contributed by atoms with van der Waals surface area (Å²) < 4.78 is 5.28. The van der Waals surface area contributed by atoms with Crippen LogP contribution in [0.3, 0.4) is 0 Å². The van der Waals surface area contributed by atoms with E-state index in [0.717, 1.165) is 53.5 Å². The molecule has 0 bridgehead atoms. The summed E-state index contributed by atoms with van der Waals surface area (Å²) in [6.07, 6.45) is 11.6. The second-order valence-corrected chi connectivity index (χ2v) is 9.63. The number of aromatic nitrogens is 1. The van der Waals surface area contributed by atoms with Crippen LogP contribution in [0.2, 0.25) is 0 Å². The zero-order chi connectivity index (χ0) is 27.3. The molecule has 6 nitrogen and oxygen atoms in total. The van der Waals surface area contributed by atoms with Gasteiger partial charge in [-0.15, -0.1) is 0 Å². The molecule has 38 heavy (non-hydrogen) atoms. The van der Waals surface area contributed by atoms with E-state index in [4.69, 9.17) is 10.5 Å². The number of benzene rings is 2. The summed E-state index contributed by atoms with van der Waals surface area (Å²) in [5.74, 6) is 0.539. The number of phenolic OH excluding ortho intramolecular Hbond substituents is 1. The van der Waals surface area contributed by atoms with E-state index in [1.165, 1.54) is 19.6 Å². The van der Waals surface area contributed by atoms with Crippen molar-refractivity contribution in [3.05, 3.63) is 88.6 Å². The average molecular weight is 515 g/mol. The highest BCUT2D eigenvalue weighted by Gasteiger charge is 2.12. The number of hydrogen-bond donors (Lipinski definition) is 2. The van der Waals surface area contributed by atoms with Crippen LogP contribution in [0.1, 0.15) is 79.7 Å². The number of nitrogens with two attached hydrogens (primary N) is 1. The molecule has 2 aromatic carbocycles. The lowest BCUT2D eigenvalue weighted by atomic mass is 9.97. The standard InChI is InChI=1S/C32H38N2O4/c1-3-4-5-6-10-13-28(35)21-29(36)15-14-25-20-31(38-2)30(37)19-26(25)17-24-18-27(32(33)34-22-24)16-23-11-8-7-9-12-23/h7-9,11-12,14-15,18-20,22,37H,3-6,10,13,16-17,21H2,1-2H3,(H2,33,34). The number of unbranched alkanes of at least 4 members (excludes halogenated alkanes) is 4. The summed E-state index contributed by atoms with van der Waals surface area (Å²) in [7, 11) is 1.48. The van der Waals surface area contributed by atoms with Crippen LogP contribution < -0.4 is 10.5 Å². The normalized spacial score (nSPS) is 11.1. The van der Waals surface area contributed by atoms with Crippen LogP contribution in [0, 0.1) is 0 Å². The topological polar surface area (TPSA) is 103 Å². The number of carbonyl (C=O) groups is 2. The zero-order valence-corrected chi connectivity index (χ0v) is 22.4. The highest BCUT2D eigenvalue weighted by atomic mass is 16.5. The van der Waals surface area contributed by atoms with Crippen molar-refractivity contribution in [3.8, 4) is 11.5 Å². The molecule has 3 rings (SSSR count). The fraction of sp³-hybridized carbons (Fsp3) is 0.344. The Morgan fingerprint density at radius 3 is 2.45 bits per heavy atom. The van der Waals surface area contributed by atoms with Crippen LogP contribution in [-0.2, 0) is 22.4 Å². The van der Waals surface area contributed by atoms with Gasteiger partial charge in [-0.3, -0.25) is 9.59 Å². The smallest absolute Gasteiger partial charge is 0.163 e. The summed E-state index contributed by atoms with van der Waals surface area (Å²) in [5.41, 5.74) is 10.7. The van der Waals surface area contributed by atoms with Crippen LogP contribution in [-0.4, -0.2) is 28.8 Å². The van der Waals surface area contributed by atoms with Gasteiger partial charge in [0.25, 0.3) is 0 Å². The molecule has 0 aliphatic rings. The summed E-state index contributed by atoms with van der Waals surface area (Å²) in [4.78, 5) is 29.1. The first-order valence-electron chi connectivity index (χ1n) is 13.3. The Labute approximate surface area is 225 Å². The Bertz CT molecular complexity index is 1250. The van der Waals surface area contributed by atoms with Crippen LogP contribution in [0.15, 0.2) is 60.8 Å². The van der Waals surface area contributed by atoms with Gasteiger partial charge in [0.15, 0.2) is 17.3 Å². The monoisotopic (exact) mass is 514 g/mol. The predicted molar refractivity (Wildman–Crippen MR) is 152 cm³/mol. The number of nitrogen functional groups attached to an aromatic ring is 1. The molecule has 3 N–H and O–H groups in total. The molecule has 0 saturated carbocycles. The van der Waals surface area contributed by atoms with Gasteiger partial charge in [-0.05, 0) is 64.9 Å². The lowest BCUT2D eigenvalue weighted by Gasteiger charge is -2.12. The molecule has 0 unspecified atom stereocenters. The Morgan fingerprint density at radius 1 is 0.974 bits per heavy atom. The molecule has 3 aromatic rings. The fourth-order valence-corrected chi connectivity index (χ4v) is 4.39. The number of pyridine rings is 1. The molecular formula is C32H38N2O4. The Morgan fingerprint density at radius 2 is 1.71 bits per heavy atom. The first kappa shape index (κ1) is 28.6. The van der Waals surface area contributed by atoms with Gasteiger partial charge < -0.3 is 15.6 Å². The molecule has 0 aliphatic heterocycles. The van der Waals surface area contributed by atoms with Gasteiger partial charge in [0.05, 0.1) is 13.5 Å². The van der Waals surface area contributed by atoms with Gasteiger partial charge in [-0.25, -0.2) is 4.98 Å². The molecule has 0 radical (unpaired) electrons. The molecule has 0 spiro atoms. The number of Topliss-reactive ketones (excluding diaryl/α,β-unsaturated/α-hetero) is 1. The molecule has 0 fully saturated rings. The Hall–Kier alpha value is -3.93. The van der Waals surface area contributed by atoms with E-state index < -0.39 is 0 Å². The SMILES string of the molecule is CCCCCCCC(=O)CC(=O)C=Cc1cc(OC)c(O)cc1Cc1cnc(N)c(Cc2ccccc2)c1. The summed E-state index contributed by atoms with van der Waals surface area (Å²) >= 11 is 0. The number of nitrogens with zero attached hydrogens (tertiary/aromatic N) is 1. The maximum absolute atomic E-state index is 12.5. The molecule has 1 aromatic heterocycles. The molecule has 0 amide bonds. The minimum absolute atomic E-state index is 0.0112. The first-order valence-corrected chi connectivity index (χ1v) is 13.3. The lowest BCUT2D eigenvalue weighted by molar-refractivity contribution is -0.124. The van der Waals surface area contributed by atoms with Crippen LogP contribution in [0.4, 0.5) is 5.82 Å². The van der Waals surface area contributed by atoms with Crippen molar-refractivity contribution in [2.75, 3.05) is 12.8 Å². The number of ether oxygens (including phenoxy) is 1. The highest BCUT2D eigenvalue weighted by Crippen LogP contribution is 2.32. The van der Waals surface area contributed by atoms with E-state index >= 15 is 0 Å². The molecule has 0 saturated heterocycles. The van der Waals surface area contributed by atoms with Gasteiger partial charge in [0.2, 0.25) is 0 Å². The van der Waals surface area contributed by atoms with Crippen molar-refractivity contribution in [2.24, 2.45) is 0 Å². The number of carbonyl (C=O) groups excluding carboxylic acids is 2. The largest absolute Gasteiger partial charge is 0.504 e. The van der Waals surface area contributed by atoms with Crippen LogP contribution in [0.5, 0.6) is 11.5 Å². The van der Waals surface area contributed by atoms with Crippen molar-refractivity contribution in [1.29, 1.82) is 0 Å². The molecule has 1 heterocycles. The lowest BCUT2D eigenvalue weighted by Crippen LogP contribution is -2.05. The minimum atomic E-state index is -0.235. The second kappa shape index (κ2) is 14.7. The number of rotatable bonds is 15. The maximum Gasteiger partial charge on any atom is 0.163 e. The minimum Gasteiger partial charge on any atom is -0.504 e. The maximum atomic E-state index is 12.5. The predicted octanol–water partition coefficient (Wildman–Crippen LogP) is 6.46. The zero-order valence-electron chi connectivity index (χ0n) is 22.4. The third kappa shape index (κ3) is 8.87. The third-order valence-electron chi connectivity index (χ3n) is 6.51. The molecule has 200 valence electrons. The van der Waals surface area contributed by atoms with E-state index in [9.17, 15) is 14.7 Å². The quantitative estimate of drug-likeness (QED) is 0.137. The van der Waals surface area contributed by atoms with Gasteiger partial charge in [-0.2, -0.15) is 0 Å². The molecule has 0 aliphatic carbocycles. The van der Waals surface area contributed by atoms with E-state index in [1.54, 1.807) is 24.4 Å². The van der Waals surface area contributed by atoms with E-state index in [0.29, 0.717) is 30.8 Å². The molecule has 0 atom stereocenters. The molecular weight excluding hydrogens is 476 g/mol. The second-order valence-electron chi connectivity index (χ2n) is 9.63. The first-order chi connectivity index (χ1) is 18.4. The van der Waals surface area contributed by atoms with E-state index in [1.807, 2.05) is 36.4 Å². The Kier molecular flexibility index (Phi) is 11.1. The van der Waals surface area contributed by atoms with Crippen LogP contribution in [0.25, 0.3) is 6.08 Å². The van der Waals surface area contributed by atoms with Gasteiger partial charge in [0, 0.05) is 19.0 Å². The van der Waals surface area contributed by atoms with Crippen LogP contribution >= 0.6 is 0 Å². The van der Waals surface area contributed by atoms with Crippen molar-refractivity contribution < 1.29 is 19.4 Å². The van der Waals surface area contributed by atoms with Gasteiger partial charge in [0.1, 0.15) is 11.6 Å². The highest BCUT2D eigenvalue weighted by molar-refractivity contribution is 6.06. The summed E-state index contributed by atoms with van der Waals surface area (Å²) in [6.45, 7) is 2.15. The number of phenols is 1.